The maximum atomic E-state index is 12.7. The van der Waals surface area contributed by atoms with Crippen LogP contribution in [0.3, 0.4) is 0 Å². The van der Waals surface area contributed by atoms with Crippen molar-refractivity contribution in [3.05, 3.63) is 76.9 Å². The van der Waals surface area contributed by atoms with Gasteiger partial charge in [-0.15, -0.1) is 0 Å². The van der Waals surface area contributed by atoms with Crippen LogP contribution in [0.25, 0.3) is 11.3 Å². The van der Waals surface area contributed by atoms with Crippen LogP contribution < -0.4 is 5.32 Å². The number of halogens is 1. The van der Waals surface area contributed by atoms with Crippen LogP contribution in [0.4, 0.5) is 0 Å². The van der Waals surface area contributed by atoms with E-state index in [-0.39, 0.29) is 11.9 Å². The monoisotopic (exact) mass is 353 g/mol. The summed E-state index contributed by atoms with van der Waals surface area (Å²) in [6, 6.07) is 19.1. The molecular formula is C20H20ClN3O. The van der Waals surface area contributed by atoms with Crippen molar-refractivity contribution in [1.82, 2.24) is 15.1 Å². The SMILES string of the molecule is CCn1nc(-c2cccc(Cl)c2)cc1C(=O)N[C@@H](C)c1ccccc1. The summed E-state index contributed by atoms with van der Waals surface area (Å²) in [6.07, 6.45) is 0. The molecule has 4 nitrogen and oxygen atoms in total. The molecule has 1 aromatic heterocycles. The maximum absolute atomic E-state index is 12.7. The molecular weight excluding hydrogens is 334 g/mol. The molecule has 5 heteroatoms. The second kappa shape index (κ2) is 7.53. The Morgan fingerprint density at radius 3 is 2.60 bits per heavy atom. The molecule has 3 rings (SSSR count). The van der Waals surface area contributed by atoms with E-state index in [1.54, 1.807) is 4.68 Å². The predicted octanol–water partition coefficient (Wildman–Crippen LogP) is 4.71. The highest BCUT2D eigenvalue weighted by molar-refractivity contribution is 6.30. The number of amides is 1. The van der Waals surface area contributed by atoms with Gasteiger partial charge in [-0.05, 0) is 37.6 Å². The van der Waals surface area contributed by atoms with E-state index in [2.05, 4.69) is 10.4 Å². The van der Waals surface area contributed by atoms with Crippen LogP contribution in [0.2, 0.25) is 5.02 Å². The van der Waals surface area contributed by atoms with Crippen molar-refractivity contribution in [3.63, 3.8) is 0 Å². The van der Waals surface area contributed by atoms with Gasteiger partial charge in [0.2, 0.25) is 0 Å². The fourth-order valence-electron chi connectivity index (χ4n) is 2.73. The first-order valence-electron chi connectivity index (χ1n) is 8.28. The van der Waals surface area contributed by atoms with Crippen LogP contribution in [0.5, 0.6) is 0 Å². The predicted molar refractivity (Wildman–Crippen MR) is 101 cm³/mol. The average molecular weight is 354 g/mol. The second-order valence-electron chi connectivity index (χ2n) is 5.85. The number of rotatable bonds is 5. The molecule has 2 aromatic carbocycles. The van der Waals surface area contributed by atoms with Crippen LogP contribution in [-0.4, -0.2) is 15.7 Å². The largest absolute Gasteiger partial charge is 0.344 e. The molecule has 1 N–H and O–H groups in total. The second-order valence-corrected chi connectivity index (χ2v) is 6.28. The minimum absolute atomic E-state index is 0.0801. The van der Waals surface area contributed by atoms with Crippen molar-refractivity contribution in [1.29, 1.82) is 0 Å². The topological polar surface area (TPSA) is 46.9 Å². The molecule has 0 aliphatic rings. The quantitative estimate of drug-likeness (QED) is 0.721. The van der Waals surface area contributed by atoms with E-state index in [4.69, 9.17) is 11.6 Å². The minimum Gasteiger partial charge on any atom is -0.344 e. The third kappa shape index (κ3) is 3.91. The van der Waals surface area contributed by atoms with Gasteiger partial charge in [-0.1, -0.05) is 54.1 Å². The number of aromatic nitrogens is 2. The molecule has 1 amide bonds. The fraction of sp³-hybridized carbons (Fsp3) is 0.200. The van der Waals surface area contributed by atoms with Gasteiger partial charge in [-0.25, -0.2) is 0 Å². The molecule has 0 fully saturated rings. The van der Waals surface area contributed by atoms with E-state index in [1.807, 2.05) is 74.5 Å². The number of carbonyl (C=O) groups excluding carboxylic acids is 1. The molecule has 0 unspecified atom stereocenters. The molecule has 0 aliphatic carbocycles. The van der Waals surface area contributed by atoms with Crippen LogP contribution in [-0.2, 0) is 6.54 Å². The Balaban J connectivity index is 1.85. The van der Waals surface area contributed by atoms with Gasteiger partial charge >= 0.3 is 0 Å². The summed E-state index contributed by atoms with van der Waals surface area (Å²) in [4.78, 5) is 12.7. The zero-order valence-electron chi connectivity index (χ0n) is 14.2. The molecule has 3 aromatic rings. The van der Waals surface area contributed by atoms with Crippen molar-refractivity contribution in [3.8, 4) is 11.3 Å². The standard InChI is InChI=1S/C20H20ClN3O/c1-3-24-19(13-18(23-24)16-10-7-11-17(21)12-16)20(25)22-14(2)15-8-5-4-6-9-15/h4-14H,3H2,1-2H3,(H,22,25)/t14-/m0/s1. The lowest BCUT2D eigenvalue weighted by Gasteiger charge is -2.14. The lowest BCUT2D eigenvalue weighted by Crippen LogP contribution is -2.28. The molecule has 128 valence electrons. The number of nitrogens with zero attached hydrogens (tertiary/aromatic N) is 2. The van der Waals surface area contributed by atoms with Crippen LogP contribution >= 0.6 is 11.6 Å². The van der Waals surface area contributed by atoms with Gasteiger partial charge in [0.25, 0.3) is 5.91 Å². The summed E-state index contributed by atoms with van der Waals surface area (Å²) in [5.41, 5.74) is 3.24. The van der Waals surface area contributed by atoms with Gasteiger partial charge in [0, 0.05) is 17.1 Å². The number of carbonyl (C=O) groups is 1. The molecule has 0 bridgehead atoms. The summed E-state index contributed by atoms with van der Waals surface area (Å²) >= 11 is 6.06. The van der Waals surface area contributed by atoms with E-state index in [9.17, 15) is 4.79 Å². The minimum atomic E-state index is -0.140. The van der Waals surface area contributed by atoms with Crippen LogP contribution in [0, 0.1) is 0 Å². The van der Waals surface area contributed by atoms with E-state index in [0.29, 0.717) is 17.3 Å². The molecule has 0 radical (unpaired) electrons. The van der Waals surface area contributed by atoms with Crippen molar-refractivity contribution in [2.45, 2.75) is 26.4 Å². The highest BCUT2D eigenvalue weighted by Crippen LogP contribution is 2.23. The first-order chi connectivity index (χ1) is 12.1. The van der Waals surface area contributed by atoms with E-state index in [0.717, 1.165) is 16.8 Å². The number of benzene rings is 2. The molecule has 0 aliphatic heterocycles. The summed E-state index contributed by atoms with van der Waals surface area (Å²) < 4.78 is 1.71. The van der Waals surface area contributed by atoms with Crippen molar-refractivity contribution in [2.24, 2.45) is 0 Å². The highest BCUT2D eigenvalue weighted by atomic mass is 35.5. The Labute approximate surface area is 152 Å². The molecule has 0 spiro atoms. The Morgan fingerprint density at radius 2 is 1.92 bits per heavy atom. The molecule has 1 atom stereocenters. The highest BCUT2D eigenvalue weighted by Gasteiger charge is 2.18. The van der Waals surface area contributed by atoms with Crippen LogP contribution in [0.15, 0.2) is 60.7 Å². The number of hydrogen-bond donors (Lipinski definition) is 1. The number of hydrogen-bond acceptors (Lipinski definition) is 2. The third-order valence-corrected chi connectivity index (χ3v) is 4.31. The number of nitrogens with one attached hydrogen (secondary N) is 1. The van der Waals surface area contributed by atoms with Crippen molar-refractivity contribution >= 4 is 17.5 Å². The summed E-state index contributed by atoms with van der Waals surface area (Å²) in [6.45, 7) is 4.55. The van der Waals surface area contributed by atoms with Gasteiger partial charge in [-0.2, -0.15) is 5.10 Å². The smallest absolute Gasteiger partial charge is 0.270 e. The van der Waals surface area contributed by atoms with Gasteiger partial charge in [0.1, 0.15) is 5.69 Å². The van der Waals surface area contributed by atoms with Gasteiger partial charge < -0.3 is 5.32 Å². The summed E-state index contributed by atoms with van der Waals surface area (Å²) in [5.74, 6) is -0.140. The maximum Gasteiger partial charge on any atom is 0.270 e. The fourth-order valence-corrected chi connectivity index (χ4v) is 2.92. The molecule has 25 heavy (non-hydrogen) atoms. The first kappa shape index (κ1) is 17.2. The molecule has 0 saturated heterocycles. The van der Waals surface area contributed by atoms with Crippen molar-refractivity contribution < 1.29 is 4.79 Å². The lowest BCUT2D eigenvalue weighted by molar-refractivity contribution is 0.0929. The summed E-state index contributed by atoms with van der Waals surface area (Å²) in [7, 11) is 0. The zero-order chi connectivity index (χ0) is 17.8. The Bertz CT molecular complexity index is 874. The van der Waals surface area contributed by atoms with Crippen LogP contribution in [0.1, 0.15) is 35.9 Å². The first-order valence-corrected chi connectivity index (χ1v) is 8.66. The lowest BCUT2D eigenvalue weighted by atomic mass is 10.1. The normalized spacial score (nSPS) is 12.0. The van der Waals surface area contributed by atoms with E-state index >= 15 is 0 Å². The van der Waals surface area contributed by atoms with Crippen molar-refractivity contribution in [2.75, 3.05) is 0 Å². The molecule has 0 saturated carbocycles. The number of aryl methyl sites for hydroxylation is 1. The van der Waals surface area contributed by atoms with E-state index in [1.165, 1.54) is 0 Å². The average Bonchev–Trinajstić information content (AvgIpc) is 3.07. The summed E-state index contributed by atoms with van der Waals surface area (Å²) in [5, 5.41) is 8.22. The van der Waals surface area contributed by atoms with Gasteiger partial charge in [-0.3, -0.25) is 9.48 Å². The molecule has 1 heterocycles. The van der Waals surface area contributed by atoms with E-state index < -0.39 is 0 Å². The Hall–Kier alpha value is -2.59. The Kier molecular flexibility index (Phi) is 5.19. The Morgan fingerprint density at radius 1 is 1.16 bits per heavy atom. The van der Waals surface area contributed by atoms with Gasteiger partial charge in [0.15, 0.2) is 0 Å². The third-order valence-electron chi connectivity index (χ3n) is 4.08. The zero-order valence-corrected chi connectivity index (χ0v) is 15.0. The van der Waals surface area contributed by atoms with Gasteiger partial charge in [0.05, 0.1) is 11.7 Å².